The molecular weight excluding hydrogens is 138 g/mol. The van der Waals surface area contributed by atoms with E-state index in [1.54, 1.807) is 0 Å². The molecule has 1 aliphatic rings. The Bertz CT molecular complexity index is 173. The fourth-order valence-corrected chi connectivity index (χ4v) is 1.44. The van der Waals surface area contributed by atoms with Crippen molar-refractivity contribution in [1.29, 1.82) is 5.26 Å². The lowest BCUT2D eigenvalue weighted by Gasteiger charge is -2.40. The number of piperazine rings is 1. The van der Waals surface area contributed by atoms with Gasteiger partial charge < -0.3 is 4.90 Å². The van der Waals surface area contributed by atoms with E-state index in [1.807, 2.05) is 4.90 Å². The first-order valence-corrected chi connectivity index (χ1v) is 4.03. The number of hydrogen-bond acceptors (Lipinski definition) is 3. The zero-order chi connectivity index (χ0) is 8.43. The Labute approximate surface area is 68.2 Å². The second-order valence-electron chi connectivity index (χ2n) is 3.26. The zero-order valence-corrected chi connectivity index (χ0v) is 7.41. The van der Waals surface area contributed by atoms with Crippen molar-refractivity contribution in [1.82, 2.24) is 9.80 Å². The third kappa shape index (κ3) is 1.46. The molecule has 0 bridgehead atoms. The molecule has 1 heterocycles. The highest BCUT2D eigenvalue weighted by Crippen LogP contribution is 2.13. The van der Waals surface area contributed by atoms with E-state index in [0.717, 1.165) is 13.1 Å². The maximum Gasteiger partial charge on any atom is 0.179 e. The number of hydrogen-bond donors (Lipinski definition) is 0. The van der Waals surface area contributed by atoms with Crippen LogP contribution in [0.2, 0.25) is 0 Å². The van der Waals surface area contributed by atoms with E-state index in [-0.39, 0.29) is 0 Å². The average molecular weight is 153 g/mol. The Morgan fingerprint density at radius 1 is 1.27 bits per heavy atom. The predicted molar refractivity (Wildman–Crippen MR) is 43.9 cm³/mol. The summed E-state index contributed by atoms with van der Waals surface area (Å²) in [5.74, 6) is 0. The smallest absolute Gasteiger partial charge is 0.179 e. The molecule has 1 saturated heterocycles. The first kappa shape index (κ1) is 8.35. The maximum absolute atomic E-state index is 8.72. The van der Waals surface area contributed by atoms with Crippen LogP contribution in [-0.2, 0) is 0 Å². The van der Waals surface area contributed by atoms with Crippen LogP contribution in [0.3, 0.4) is 0 Å². The average Bonchev–Trinajstić information content (AvgIpc) is 2.01. The third-order valence-electron chi connectivity index (χ3n) is 2.71. The Morgan fingerprint density at radius 2 is 1.91 bits per heavy atom. The second kappa shape index (κ2) is 3.10. The van der Waals surface area contributed by atoms with Crippen LogP contribution in [0.5, 0.6) is 0 Å². The number of nitrogens with zero attached hydrogens (tertiary/aromatic N) is 3. The lowest BCUT2D eigenvalue weighted by atomic mass is 10.1. The molecule has 3 heteroatoms. The summed E-state index contributed by atoms with van der Waals surface area (Å²) in [6.45, 7) is 6.13. The van der Waals surface area contributed by atoms with Crippen LogP contribution >= 0.6 is 0 Å². The molecule has 0 radical (unpaired) electrons. The van der Waals surface area contributed by atoms with Gasteiger partial charge >= 0.3 is 0 Å². The summed E-state index contributed by atoms with van der Waals surface area (Å²) < 4.78 is 0. The molecule has 1 fully saturated rings. The highest BCUT2D eigenvalue weighted by molar-refractivity contribution is 4.90. The monoisotopic (exact) mass is 153 g/mol. The first-order valence-electron chi connectivity index (χ1n) is 4.03. The lowest BCUT2D eigenvalue weighted by Crippen LogP contribution is -2.53. The van der Waals surface area contributed by atoms with E-state index in [4.69, 9.17) is 5.26 Å². The van der Waals surface area contributed by atoms with Crippen molar-refractivity contribution in [2.75, 3.05) is 20.1 Å². The van der Waals surface area contributed by atoms with Gasteiger partial charge in [0, 0.05) is 19.1 Å². The van der Waals surface area contributed by atoms with E-state index in [0.29, 0.717) is 12.1 Å². The van der Waals surface area contributed by atoms with E-state index >= 15 is 0 Å². The minimum atomic E-state index is 0.360. The maximum atomic E-state index is 8.72. The number of nitriles is 1. The molecule has 0 aliphatic carbocycles. The Hall–Kier alpha value is -0.750. The van der Waals surface area contributed by atoms with Crippen molar-refractivity contribution in [2.45, 2.75) is 25.9 Å². The number of rotatable bonds is 0. The van der Waals surface area contributed by atoms with Crippen LogP contribution in [0.4, 0.5) is 0 Å². The zero-order valence-electron chi connectivity index (χ0n) is 7.41. The van der Waals surface area contributed by atoms with Crippen molar-refractivity contribution < 1.29 is 0 Å². The van der Waals surface area contributed by atoms with Gasteiger partial charge in [0.25, 0.3) is 0 Å². The molecular formula is C8H15N3. The van der Waals surface area contributed by atoms with Crippen LogP contribution < -0.4 is 0 Å². The highest BCUT2D eigenvalue weighted by Gasteiger charge is 2.27. The van der Waals surface area contributed by atoms with E-state index in [2.05, 4.69) is 32.0 Å². The van der Waals surface area contributed by atoms with Gasteiger partial charge in [-0.1, -0.05) is 0 Å². The predicted octanol–water partition coefficient (Wildman–Crippen LogP) is 0.492. The summed E-state index contributed by atoms with van der Waals surface area (Å²) in [5.41, 5.74) is 0. The van der Waals surface area contributed by atoms with E-state index in [9.17, 15) is 0 Å². The van der Waals surface area contributed by atoms with E-state index < -0.39 is 0 Å². The molecule has 0 spiro atoms. The molecule has 0 N–H and O–H groups in total. The molecule has 1 aliphatic heterocycles. The van der Waals surface area contributed by atoms with Gasteiger partial charge in [0.15, 0.2) is 6.19 Å². The molecule has 1 rings (SSSR count). The van der Waals surface area contributed by atoms with Crippen molar-refractivity contribution in [3.8, 4) is 6.19 Å². The SMILES string of the molecule is CC1C(C)N(C#N)CCN1C. The fourth-order valence-electron chi connectivity index (χ4n) is 1.44. The van der Waals surface area contributed by atoms with Gasteiger partial charge in [0.1, 0.15) is 0 Å². The Morgan fingerprint density at radius 3 is 2.45 bits per heavy atom. The van der Waals surface area contributed by atoms with Gasteiger partial charge in [-0.2, -0.15) is 5.26 Å². The van der Waals surface area contributed by atoms with Crippen molar-refractivity contribution in [3.05, 3.63) is 0 Å². The van der Waals surface area contributed by atoms with Crippen molar-refractivity contribution >= 4 is 0 Å². The van der Waals surface area contributed by atoms with Crippen LogP contribution in [0.25, 0.3) is 0 Å². The summed E-state index contributed by atoms with van der Waals surface area (Å²) in [7, 11) is 2.11. The van der Waals surface area contributed by atoms with Gasteiger partial charge in [0.2, 0.25) is 0 Å². The topological polar surface area (TPSA) is 30.3 Å². The summed E-state index contributed by atoms with van der Waals surface area (Å²) in [5, 5.41) is 8.72. The molecule has 2 atom stereocenters. The minimum absolute atomic E-state index is 0.360. The van der Waals surface area contributed by atoms with Gasteiger partial charge in [-0.05, 0) is 20.9 Å². The third-order valence-corrected chi connectivity index (χ3v) is 2.71. The summed E-state index contributed by atoms with van der Waals surface area (Å²) in [4.78, 5) is 4.14. The largest absolute Gasteiger partial charge is 0.305 e. The molecule has 0 amide bonds. The van der Waals surface area contributed by atoms with Crippen LogP contribution in [-0.4, -0.2) is 42.0 Å². The van der Waals surface area contributed by atoms with Gasteiger partial charge in [0.05, 0.1) is 6.04 Å². The van der Waals surface area contributed by atoms with Crippen molar-refractivity contribution in [2.24, 2.45) is 0 Å². The number of likely N-dealkylation sites (N-methyl/N-ethyl adjacent to an activating group) is 1. The fraction of sp³-hybridized carbons (Fsp3) is 0.875. The molecule has 2 unspecified atom stereocenters. The molecule has 0 aromatic heterocycles. The normalized spacial score (nSPS) is 33.5. The Kier molecular flexibility index (Phi) is 2.35. The molecule has 3 nitrogen and oxygen atoms in total. The highest BCUT2D eigenvalue weighted by atomic mass is 15.3. The molecule has 0 saturated carbocycles. The van der Waals surface area contributed by atoms with Gasteiger partial charge in [-0.15, -0.1) is 0 Å². The van der Waals surface area contributed by atoms with Crippen LogP contribution in [0, 0.1) is 11.5 Å². The molecule has 0 aromatic rings. The standard InChI is InChI=1S/C8H15N3/c1-7-8(2)11(6-9)5-4-10(7)3/h7-8H,4-5H2,1-3H3. The summed E-state index contributed by atoms with van der Waals surface area (Å²) in [6, 6.07) is 0.849. The minimum Gasteiger partial charge on any atom is -0.305 e. The van der Waals surface area contributed by atoms with Gasteiger partial charge in [-0.25, -0.2) is 0 Å². The van der Waals surface area contributed by atoms with Crippen LogP contribution in [0.1, 0.15) is 13.8 Å². The lowest BCUT2D eigenvalue weighted by molar-refractivity contribution is 0.0925. The molecule has 11 heavy (non-hydrogen) atoms. The second-order valence-corrected chi connectivity index (χ2v) is 3.26. The van der Waals surface area contributed by atoms with Gasteiger partial charge in [-0.3, -0.25) is 4.90 Å². The van der Waals surface area contributed by atoms with Crippen LogP contribution in [0.15, 0.2) is 0 Å². The first-order chi connectivity index (χ1) is 5.16. The Balaban J connectivity index is 2.61. The quantitative estimate of drug-likeness (QED) is 0.474. The molecule has 0 aromatic carbocycles. The molecule has 62 valence electrons. The van der Waals surface area contributed by atoms with E-state index in [1.165, 1.54) is 0 Å². The van der Waals surface area contributed by atoms with Crippen molar-refractivity contribution in [3.63, 3.8) is 0 Å². The summed E-state index contributed by atoms with van der Waals surface area (Å²) >= 11 is 0. The summed E-state index contributed by atoms with van der Waals surface area (Å²) in [6.07, 6.45) is 2.21.